The maximum Gasteiger partial charge on any atom is 0.237 e. The molecule has 3 rings (SSSR count). The van der Waals surface area contributed by atoms with Crippen molar-refractivity contribution in [2.75, 3.05) is 27.2 Å². The fourth-order valence-electron chi connectivity index (χ4n) is 3.80. The summed E-state index contributed by atoms with van der Waals surface area (Å²) in [6.07, 6.45) is 1.70. The van der Waals surface area contributed by atoms with Gasteiger partial charge in [-0.25, -0.2) is 0 Å². The van der Waals surface area contributed by atoms with Crippen molar-refractivity contribution in [1.29, 1.82) is 0 Å². The highest BCUT2D eigenvalue weighted by Gasteiger charge is 2.46. The molecule has 0 aromatic heterocycles. The average molecular weight is 338 g/mol. The predicted molar refractivity (Wildman–Crippen MR) is 99.2 cm³/mol. The summed E-state index contributed by atoms with van der Waals surface area (Å²) in [6.45, 7) is 1.05. The number of hydrogen-bond acceptors (Lipinski definition) is 3. The second kappa shape index (κ2) is 7.38. The lowest BCUT2D eigenvalue weighted by molar-refractivity contribution is -0.137. The van der Waals surface area contributed by atoms with Crippen LogP contribution >= 0.6 is 0 Å². The summed E-state index contributed by atoms with van der Waals surface area (Å²) >= 11 is 0. The highest BCUT2D eigenvalue weighted by molar-refractivity contribution is 5.79. The monoisotopic (exact) mass is 338 g/mol. The zero-order chi connectivity index (χ0) is 17.9. The zero-order valence-electron chi connectivity index (χ0n) is 14.9. The van der Waals surface area contributed by atoms with Crippen LogP contribution in [0.1, 0.15) is 24.0 Å². The van der Waals surface area contributed by atoms with E-state index in [9.17, 15) is 9.90 Å². The summed E-state index contributed by atoms with van der Waals surface area (Å²) < 4.78 is 0. The van der Waals surface area contributed by atoms with Gasteiger partial charge in [-0.15, -0.1) is 0 Å². The first-order valence-corrected chi connectivity index (χ1v) is 8.81. The topological polar surface area (TPSA) is 43.8 Å². The molecular formula is C21H26N2O2. The van der Waals surface area contributed by atoms with Crippen LogP contribution in [0.5, 0.6) is 0 Å². The second-order valence-corrected chi connectivity index (χ2v) is 6.98. The predicted octanol–water partition coefficient (Wildman–Crippen LogP) is 2.48. The molecule has 1 heterocycles. The molecule has 1 amide bonds. The largest absolute Gasteiger partial charge is 0.378 e. The molecule has 0 spiro atoms. The third-order valence-corrected chi connectivity index (χ3v) is 4.93. The Morgan fingerprint density at radius 2 is 1.60 bits per heavy atom. The molecule has 2 aromatic rings. The van der Waals surface area contributed by atoms with Gasteiger partial charge in [0.1, 0.15) is 5.60 Å². The number of aliphatic hydroxyl groups is 1. The van der Waals surface area contributed by atoms with Crippen LogP contribution in [0.4, 0.5) is 0 Å². The van der Waals surface area contributed by atoms with Gasteiger partial charge in [-0.1, -0.05) is 60.7 Å². The van der Waals surface area contributed by atoms with E-state index in [-0.39, 0.29) is 11.9 Å². The molecule has 4 heteroatoms. The zero-order valence-corrected chi connectivity index (χ0v) is 14.9. The molecule has 1 fully saturated rings. The van der Waals surface area contributed by atoms with Crippen LogP contribution in [0.3, 0.4) is 0 Å². The Morgan fingerprint density at radius 3 is 2.08 bits per heavy atom. The first-order valence-electron chi connectivity index (χ1n) is 8.81. The summed E-state index contributed by atoms with van der Waals surface area (Å²) in [4.78, 5) is 16.5. The Balaban J connectivity index is 2.04. The van der Waals surface area contributed by atoms with Crippen molar-refractivity contribution < 1.29 is 9.90 Å². The van der Waals surface area contributed by atoms with E-state index in [4.69, 9.17) is 0 Å². The second-order valence-electron chi connectivity index (χ2n) is 6.98. The van der Waals surface area contributed by atoms with Gasteiger partial charge in [0.15, 0.2) is 0 Å². The normalized spacial score (nSPS) is 17.9. The Bertz CT molecular complexity index is 661. The highest BCUT2D eigenvalue weighted by Crippen LogP contribution is 2.40. The number of likely N-dealkylation sites (N-methyl/N-ethyl adjacent to an activating group) is 1. The Hall–Kier alpha value is -2.17. The molecular weight excluding hydrogens is 312 g/mol. The van der Waals surface area contributed by atoms with Crippen molar-refractivity contribution >= 4 is 5.91 Å². The highest BCUT2D eigenvalue weighted by atomic mass is 16.3. The summed E-state index contributed by atoms with van der Waals surface area (Å²) in [5.41, 5.74) is 0.451. The molecule has 2 aromatic carbocycles. The molecule has 4 nitrogen and oxygen atoms in total. The smallest absolute Gasteiger partial charge is 0.237 e. The Kier molecular flexibility index (Phi) is 5.21. The lowest BCUT2D eigenvalue weighted by Crippen LogP contribution is -2.52. The summed E-state index contributed by atoms with van der Waals surface area (Å²) in [5, 5.41) is 11.9. The van der Waals surface area contributed by atoms with Gasteiger partial charge in [-0.05, 0) is 38.1 Å². The van der Waals surface area contributed by atoms with Crippen LogP contribution in [-0.2, 0) is 10.4 Å². The molecule has 0 aliphatic carbocycles. The fourth-order valence-corrected chi connectivity index (χ4v) is 3.80. The summed E-state index contributed by atoms with van der Waals surface area (Å²) in [5.74, 6) is 0.0674. The van der Waals surface area contributed by atoms with E-state index in [1.165, 1.54) is 0 Å². The minimum Gasteiger partial charge on any atom is -0.378 e. The van der Waals surface area contributed by atoms with Gasteiger partial charge >= 0.3 is 0 Å². The Morgan fingerprint density at radius 1 is 1.08 bits per heavy atom. The minimum atomic E-state index is -1.21. The van der Waals surface area contributed by atoms with Gasteiger partial charge in [0, 0.05) is 6.54 Å². The maximum absolute atomic E-state index is 12.7. The molecule has 0 radical (unpaired) electrons. The number of amides is 1. The van der Waals surface area contributed by atoms with Crippen LogP contribution in [0.25, 0.3) is 0 Å². The van der Waals surface area contributed by atoms with Crippen molar-refractivity contribution in [3.63, 3.8) is 0 Å². The SMILES string of the molecule is CN(C)CC(=O)N1CCC[C@@H]1C(O)(c1ccccc1)c1ccccc1. The molecule has 1 saturated heterocycles. The van der Waals surface area contributed by atoms with Crippen LogP contribution in [0, 0.1) is 0 Å². The number of likely N-dealkylation sites (tertiary alicyclic amines) is 1. The van der Waals surface area contributed by atoms with Crippen LogP contribution < -0.4 is 0 Å². The Labute approximate surface area is 149 Å². The van der Waals surface area contributed by atoms with E-state index in [2.05, 4.69) is 0 Å². The molecule has 1 atom stereocenters. The third kappa shape index (κ3) is 3.46. The van der Waals surface area contributed by atoms with Gasteiger partial charge in [-0.3, -0.25) is 4.79 Å². The van der Waals surface area contributed by atoms with Crippen molar-refractivity contribution in [2.45, 2.75) is 24.5 Å². The van der Waals surface area contributed by atoms with E-state index in [0.717, 1.165) is 24.0 Å². The maximum atomic E-state index is 12.7. The van der Waals surface area contributed by atoms with Crippen molar-refractivity contribution in [3.05, 3.63) is 71.8 Å². The first-order chi connectivity index (χ1) is 12.0. The van der Waals surface area contributed by atoms with Gasteiger partial charge < -0.3 is 14.9 Å². The molecule has 0 bridgehead atoms. The van der Waals surface area contributed by atoms with Crippen molar-refractivity contribution in [3.8, 4) is 0 Å². The first kappa shape index (κ1) is 17.6. The molecule has 132 valence electrons. The van der Waals surface area contributed by atoms with Crippen molar-refractivity contribution in [2.24, 2.45) is 0 Å². The third-order valence-electron chi connectivity index (χ3n) is 4.93. The number of nitrogens with zero attached hydrogens (tertiary/aromatic N) is 2. The molecule has 0 saturated carbocycles. The fraction of sp³-hybridized carbons (Fsp3) is 0.381. The number of carbonyl (C=O) groups is 1. The standard InChI is InChI=1S/C21H26N2O2/c1-22(2)16-20(24)23-15-9-14-19(23)21(25,17-10-5-3-6-11-17)18-12-7-4-8-13-18/h3-8,10-13,19,25H,9,14-16H2,1-2H3/t19-/m1/s1. The molecule has 0 unspecified atom stereocenters. The van der Waals surface area contributed by atoms with E-state index < -0.39 is 5.60 Å². The summed E-state index contributed by atoms with van der Waals surface area (Å²) in [6, 6.07) is 19.1. The lowest BCUT2D eigenvalue weighted by atomic mass is 9.79. The average Bonchev–Trinajstić information content (AvgIpc) is 3.12. The summed E-state index contributed by atoms with van der Waals surface area (Å²) in [7, 11) is 3.78. The van der Waals surface area contributed by atoms with E-state index in [1.54, 1.807) is 0 Å². The number of rotatable bonds is 5. The van der Waals surface area contributed by atoms with Crippen molar-refractivity contribution in [1.82, 2.24) is 9.80 Å². The van der Waals surface area contributed by atoms with Gasteiger partial charge in [0.2, 0.25) is 5.91 Å². The van der Waals surface area contributed by atoms with Crippen LogP contribution in [0.15, 0.2) is 60.7 Å². The minimum absolute atomic E-state index is 0.0674. The molecule has 1 aliphatic rings. The number of hydrogen-bond donors (Lipinski definition) is 1. The van der Waals surface area contributed by atoms with E-state index in [1.807, 2.05) is 84.6 Å². The van der Waals surface area contributed by atoms with Gasteiger partial charge in [-0.2, -0.15) is 0 Å². The van der Waals surface area contributed by atoms with Gasteiger partial charge in [0.05, 0.1) is 12.6 Å². The quantitative estimate of drug-likeness (QED) is 0.911. The number of carbonyl (C=O) groups excluding carboxylic acids is 1. The van der Waals surface area contributed by atoms with Crippen LogP contribution in [-0.4, -0.2) is 54.0 Å². The molecule has 25 heavy (non-hydrogen) atoms. The van der Waals surface area contributed by atoms with Crippen LogP contribution in [0.2, 0.25) is 0 Å². The molecule has 1 aliphatic heterocycles. The lowest BCUT2D eigenvalue weighted by Gasteiger charge is -2.40. The van der Waals surface area contributed by atoms with Gasteiger partial charge in [0.25, 0.3) is 0 Å². The molecule has 1 N–H and O–H groups in total. The van der Waals surface area contributed by atoms with E-state index in [0.29, 0.717) is 13.1 Å². The van der Waals surface area contributed by atoms with E-state index >= 15 is 0 Å². The number of benzene rings is 2.